The Kier molecular flexibility index (Phi) is 4.76. The van der Waals surface area contributed by atoms with Crippen molar-refractivity contribution in [2.45, 2.75) is 51.5 Å². The Morgan fingerprint density at radius 1 is 1.22 bits per heavy atom. The molecule has 1 rings (SSSR count). The first-order valence-corrected chi connectivity index (χ1v) is 7.73. The SMILES string of the molecule is CCc1cc(N)c(CC)c(S(=O)(=O)NC(C)C)c1. The van der Waals surface area contributed by atoms with E-state index in [2.05, 4.69) is 4.72 Å². The number of hydrogen-bond acceptors (Lipinski definition) is 3. The van der Waals surface area contributed by atoms with Crippen LogP contribution in [0.5, 0.6) is 0 Å². The zero-order chi connectivity index (χ0) is 13.9. The van der Waals surface area contributed by atoms with Crippen LogP contribution in [0, 0.1) is 0 Å². The molecule has 0 saturated carbocycles. The summed E-state index contributed by atoms with van der Waals surface area (Å²) in [5.74, 6) is 0. The average Bonchev–Trinajstić information content (AvgIpc) is 2.26. The maximum absolute atomic E-state index is 12.3. The van der Waals surface area contributed by atoms with Gasteiger partial charge in [0.1, 0.15) is 0 Å². The number of benzene rings is 1. The van der Waals surface area contributed by atoms with E-state index in [1.807, 2.05) is 19.9 Å². The quantitative estimate of drug-likeness (QED) is 0.805. The summed E-state index contributed by atoms with van der Waals surface area (Å²) < 4.78 is 27.2. The lowest BCUT2D eigenvalue weighted by Gasteiger charge is -2.16. The Morgan fingerprint density at radius 3 is 2.28 bits per heavy atom. The maximum Gasteiger partial charge on any atom is 0.241 e. The molecule has 0 radical (unpaired) electrons. The number of nitrogen functional groups attached to an aromatic ring is 1. The highest BCUT2D eigenvalue weighted by molar-refractivity contribution is 7.89. The molecule has 3 N–H and O–H groups in total. The predicted molar refractivity (Wildman–Crippen MR) is 75.1 cm³/mol. The Morgan fingerprint density at radius 2 is 1.83 bits per heavy atom. The fourth-order valence-corrected chi connectivity index (χ4v) is 3.56. The van der Waals surface area contributed by atoms with E-state index >= 15 is 0 Å². The molecule has 0 saturated heterocycles. The van der Waals surface area contributed by atoms with Gasteiger partial charge >= 0.3 is 0 Å². The number of hydrogen-bond donors (Lipinski definition) is 2. The van der Waals surface area contributed by atoms with E-state index in [-0.39, 0.29) is 6.04 Å². The molecule has 0 fully saturated rings. The molecular formula is C13H22N2O2S. The Hall–Kier alpha value is -1.07. The van der Waals surface area contributed by atoms with E-state index in [0.29, 0.717) is 22.6 Å². The van der Waals surface area contributed by atoms with Gasteiger partial charge in [0.2, 0.25) is 10.0 Å². The maximum atomic E-state index is 12.3. The van der Waals surface area contributed by atoms with Crippen molar-refractivity contribution < 1.29 is 8.42 Å². The average molecular weight is 270 g/mol. The van der Waals surface area contributed by atoms with E-state index in [4.69, 9.17) is 5.73 Å². The van der Waals surface area contributed by atoms with Crippen molar-refractivity contribution in [2.24, 2.45) is 0 Å². The lowest BCUT2D eigenvalue weighted by atomic mass is 10.1. The molecule has 0 aliphatic rings. The highest BCUT2D eigenvalue weighted by Crippen LogP contribution is 2.25. The van der Waals surface area contributed by atoms with Crippen molar-refractivity contribution >= 4 is 15.7 Å². The molecule has 0 spiro atoms. The molecule has 0 aliphatic heterocycles. The van der Waals surface area contributed by atoms with Crippen molar-refractivity contribution in [2.75, 3.05) is 5.73 Å². The summed E-state index contributed by atoms with van der Waals surface area (Å²) in [6, 6.07) is 3.44. The van der Waals surface area contributed by atoms with Gasteiger partial charge in [-0.1, -0.05) is 13.8 Å². The molecule has 0 aliphatic carbocycles. The number of rotatable bonds is 5. The summed E-state index contributed by atoms with van der Waals surface area (Å²) in [6.07, 6.45) is 1.36. The van der Waals surface area contributed by atoms with Gasteiger partial charge in [-0.25, -0.2) is 13.1 Å². The predicted octanol–water partition coefficient (Wildman–Crippen LogP) is 2.08. The normalized spacial score (nSPS) is 12.1. The van der Waals surface area contributed by atoms with Crippen LogP contribution in [0.4, 0.5) is 5.69 Å². The molecule has 0 unspecified atom stereocenters. The standard InChI is InChI=1S/C13H22N2O2S/c1-5-10-7-12(14)11(6-2)13(8-10)18(16,17)15-9(3)4/h7-9,15H,5-6,14H2,1-4H3. The number of nitrogens with one attached hydrogen (secondary N) is 1. The number of nitrogens with two attached hydrogens (primary N) is 1. The fraction of sp³-hybridized carbons (Fsp3) is 0.538. The minimum absolute atomic E-state index is 0.133. The molecule has 0 amide bonds. The third-order valence-electron chi connectivity index (χ3n) is 2.75. The van der Waals surface area contributed by atoms with Gasteiger partial charge in [0.15, 0.2) is 0 Å². The van der Waals surface area contributed by atoms with Crippen molar-refractivity contribution in [1.82, 2.24) is 4.72 Å². The van der Waals surface area contributed by atoms with E-state index in [9.17, 15) is 8.42 Å². The summed E-state index contributed by atoms with van der Waals surface area (Å²) in [5.41, 5.74) is 8.13. The molecular weight excluding hydrogens is 248 g/mol. The van der Waals surface area contributed by atoms with Crippen LogP contribution in [0.3, 0.4) is 0 Å². The summed E-state index contributed by atoms with van der Waals surface area (Å²) in [7, 11) is -3.49. The van der Waals surface area contributed by atoms with Gasteiger partial charge in [0.05, 0.1) is 4.90 Å². The highest BCUT2D eigenvalue weighted by atomic mass is 32.2. The number of aryl methyl sites for hydroxylation is 1. The van der Waals surface area contributed by atoms with Gasteiger partial charge in [-0.05, 0) is 49.9 Å². The van der Waals surface area contributed by atoms with Gasteiger partial charge < -0.3 is 5.73 Å². The van der Waals surface area contributed by atoms with Crippen LogP contribution in [0.1, 0.15) is 38.8 Å². The van der Waals surface area contributed by atoms with E-state index < -0.39 is 10.0 Å². The first-order valence-electron chi connectivity index (χ1n) is 6.25. The highest BCUT2D eigenvalue weighted by Gasteiger charge is 2.21. The summed E-state index contributed by atoms with van der Waals surface area (Å²) >= 11 is 0. The molecule has 1 aromatic rings. The van der Waals surface area contributed by atoms with Crippen molar-refractivity contribution in [3.63, 3.8) is 0 Å². The summed E-state index contributed by atoms with van der Waals surface area (Å²) in [5, 5.41) is 0. The van der Waals surface area contributed by atoms with Crippen LogP contribution in [-0.2, 0) is 22.9 Å². The zero-order valence-electron chi connectivity index (χ0n) is 11.4. The Balaban J connectivity index is 3.42. The molecule has 18 heavy (non-hydrogen) atoms. The van der Waals surface area contributed by atoms with Crippen LogP contribution in [0.15, 0.2) is 17.0 Å². The number of sulfonamides is 1. The van der Waals surface area contributed by atoms with Crippen molar-refractivity contribution in [3.8, 4) is 0 Å². The van der Waals surface area contributed by atoms with Gasteiger partial charge in [-0.2, -0.15) is 0 Å². The molecule has 5 heteroatoms. The monoisotopic (exact) mass is 270 g/mol. The van der Waals surface area contributed by atoms with E-state index in [1.165, 1.54) is 0 Å². The largest absolute Gasteiger partial charge is 0.398 e. The second kappa shape index (κ2) is 5.71. The smallest absolute Gasteiger partial charge is 0.241 e. The zero-order valence-corrected chi connectivity index (χ0v) is 12.3. The van der Waals surface area contributed by atoms with Crippen LogP contribution >= 0.6 is 0 Å². The molecule has 4 nitrogen and oxygen atoms in total. The molecule has 0 heterocycles. The Bertz CT molecular complexity index is 522. The minimum Gasteiger partial charge on any atom is -0.398 e. The van der Waals surface area contributed by atoms with E-state index in [1.54, 1.807) is 19.9 Å². The molecule has 0 atom stereocenters. The second-order valence-electron chi connectivity index (χ2n) is 4.64. The van der Waals surface area contributed by atoms with Gasteiger partial charge in [0.25, 0.3) is 0 Å². The van der Waals surface area contributed by atoms with Crippen LogP contribution in [-0.4, -0.2) is 14.5 Å². The van der Waals surface area contributed by atoms with Crippen LogP contribution in [0.2, 0.25) is 0 Å². The summed E-state index contributed by atoms with van der Waals surface area (Å²) in [6.45, 7) is 7.49. The second-order valence-corrected chi connectivity index (χ2v) is 6.33. The summed E-state index contributed by atoms with van der Waals surface area (Å²) in [4.78, 5) is 0.315. The van der Waals surface area contributed by atoms with Crippen molar-refractivity contribution in [1.29, 1.82) is 0 Å². The minimum atomic E-state index is -3.49. The third kappa shape index (κ3) is 3.23. The lowest BCUT2D eigenvalue weighted by molar-refractivity contribution is 0.568. The van der Waals surface area contributed by atoms with Gasteiger partial charge in [-0.15, -0.1) is 0 Å². The first kappa shape index (κ1) is 15.0. The molecule has 0 aromatic heterocycles. The van der Waals surface area contributed by atoms with Crippen molar-refractivity contribution in [3.05, 3.63) is 23.3 Å². The first-order chi connectivity index (χ1) is 8.31. The fourth-order valence-electron chi connectivity index (χ4n) is 1.92. The topological polar surface area (TPSA) is 72.2 Å². The third-order valence-corrected chi connectivity index (χ3v) is 4.47. The lowest BCUT2D eigenvalue weighted by Crippen LogP contribution is -2.31. The Labute approximate surface area is 110 Å². The molecule has 1 aromatic carbocycles. The van der Waals surface area contributed by atoms with Crippen LogP contribution < -0.4 is 10.5 Å². The van der Waals surface area contributed by atoms with E-state index in [0.717, 1.165) is 12.0 Å². The molecule has 102 valence electrons. The van der Waals surface area contributed by atoms with Gasteiger partial charge in [0, 0.05) is 11.7 Å². The number of anilines is 1. The van der Waals surface area contributed by atoms with Gasteiger partial charge in [-0.3, -0.25) is 0 Å². The molecule has 0 bridgehead atoms. The van der Waals surface area contributed by atoms with Crippen LogP contribution in [0.25, 0.3) is 0 Å².